The van der Waals surface area contributed by atoms with Crippen LogP contribution in [0.25, 0.3) is 0 Å². The van der Waals surface area contributed by atoms with E-state index in [0.29, 0.717) is 16.3 Å². The molecule has 3 fully saturated rings. The van der Waals surface area contributed by atoms with Crippen LogP contribution >= 0.6 is 11.6 Å². The van der Waals surface area contributed by atoms with Crippen molar-refractivity contribution in [2.24, 2.45) is 23.7 Å². The quantitative estimate of drug-likeness (QED) is 0.479. The zero-order chi connectivity index (χ0) is 23.3. The van der Waals surface area contributed by atoms with Gasteiger partial charge in [-0.2, -0.15) is 5.01 Å². The highest BCUT2D eigenvalue weighted by atomic mass is 35.5. The van der Waals surface area contributed by atoms with E-state index in [1.807, 2.05) is 0 Å². The number of fused-ring (bicyclic) bond motifs is 5. The zero-order valence-electron chi connectivity index (χ0n) is 18.1. The number of hydrogen-bond acceptors (Lipinski definition) is 5. The molecular weight excluding hydrogens is 444 g/mol. The molecule has 0 unspecified atom stereocenters. The van der Waals surface area contributed by atoms with Crippen LogP contribution in [0.1, 0.15) is 40.0 Å². The van der Waals surface area contributed by atoms with Crippen LogP contribution < -0.4 is 4.74 Å². The van der Waals surface area contributed by atoms with Crippen molar-refractivity contribution in [3.63, 3.8) is 0 Å². The monoisotopic (exact) mass is 466 g/mol. The number of hydrogen-bond donors (Lipinski definition) is 0. The summed E-state index contributed by atoms with van der Waals surface area (Å²) >= 11 is 5.95. The lowest BCUT2D eigenvalue weighted by atomic mass is 9.81. The van der Waals surface area contributed by atoms with Crippen molar-refractivity contribution in [3.05, 3.63) is 64.7 Å². The number of methoxy groups -OCH3 is 1. The minimum absolute atomic E-state index is 0.172. The SMILES string of the molecule is COc1ccc(C(=O)CN(C(=O)c2ccc(Cl)cc2)N2C(=O)[C@@H]3[C@H]4CC[C@@H](C4)[C@@H]3C2=O)cc1. The van der Waals surface area contributed by atoms with Gasteiger partial charge in [0.1, 0.15) is 12.3 Å². The molecule has 4 atom stereocenters. The molecule has 33 heavy (non-hydrogen) atoms. The van der Waals surface area contributed by atoms with E-state index in [9.17, 15) is 19.2 Å². The van der Waals surface area contributed by atoms with E-state index in [1.54, 1.807) is 36.4 Å². The molecule has 0 aromatic heterocycles. The molecular formula is C25H23ClN2O5. The predicted molar refractivity (Wildman–Crippen MR) is 119 cm³/mol. The number of nitrogens with zero attached hydrogens (tertiary/aromatic N) is 2. The minimum Gasteiger partial charge on any atom is -0.497 e. The number of carbonyl (C=O) groups is 4. The van der Waals surface area contributed by atoms with Gasteiger partial charge in [0.2, 0.25) is 0 Å². The number of ketones is 1. The van der Waals surface area contributed by atoms with Crippen molar-refractivity contribution in [2.75, 3.05) is 13.7 Å². The molecule has 5 rings (SSSR count). The lowest BCUT2D eigenvalue weighted by Crippen LogP contribution is -2.52. The first-order chi connectivity index (χ1) is 15.9. The third-order valence-electron chi connectivity index (χ3n) is 7.18. The topological polar surface area (TPSA) is 84.0 Å². The third-order valence-corrected chi connectivity index (χ3v) is 7.43. The second kappa shape index (κ2) is 8.30. The normalized spacial score (nSPS) is 25.3. The van der Waals surface area contributed by atoms with E-state index in [1.165, 1.54) is 19.2 Å². The Labute approximate surface area is 196 Å². The highest BCUT2D eigenvalue weighted by Crippen LogP contribution is 2.56. The fraction of sp³-hybridized carbons (Fsp3) is 0.360. The first-order valence-electron chi connectivity index (χ1n) is 11.0. The lowest BCUT2D eigenvalue weighted by Gasteiger charge is -2.30. The number of Topliss-reactive ketones (excluding diaryl/α,β-unsaturated/α-hetero) is 1. The molecule has 1 aliphatic heterocycles. The average Bonchev–Trinajstić information content (AvgIpc) is 3.51. The van der Waals surface area contributed by atoms with Crippen molar-refractivity contribution in [1.82, 2.24) is 10.0 Å². The number of amides is 3. The fourth-order valence-corrected chi connectivity index (χ4v) is 5.74. The minimum atomic E-state index is -0.595. The highest BCUT2D eigenvalue weighted by molar-refractivity contribution is 6.30. The summed E-state index contributed by atoms with van der Waals surface area (Å²) in [7, 11) is 1.53. The number of carbonyl (C=O) groups excluding carboxylic acids is 4. The first kappa shape index (κ1) is 21.6. The summed E-state index contributed by atoms with van der Waals surface area (Å²) < 4.78 is 5.13. The standard InChI is InChI=1S/C25H23ClN2O5/c1-33-19-10-6-14(7-11-19)20(29)13-27(23(30)15-4-8-18(26)9-5-15)28-24(31)21-16-2-3-17(12-16)22(21)25(28)32/h4-11,16-17,21-22H,2-3,12-13H2,1H3/t16-,17-,21-,22+/m0/s1. The van der Waals surface area contributed by atoms with E-state index in [-0.39, 0.29) is 35.0 Å². The summed E-state index contributed by atoms with van der Waals surface area (Å²) in [5.41, 5.74) is 0.589. The van der Waals surface area contributed by atoms with Crippen LogP contribution in [0.2, 0.25) is 5.02 Å². The maximum atomic E-state index is 13.5. The number of halogens is 1. The number of rotatable bonds is 6. The Morgan fingerprint density at radius 3 is 2.03 bits per heavy atom. The van der Waals surface area contributed by atoms with Crippen LogP contribution in [-0.2, 0) is 9.59 Å². The molecule has 0 radical (unpaired) electrons. The molecule has 3 amide bonds. The third kappa shape index (κ3) is 3.60. The Morgan fingerprint density at radius 2 is 1.48 bits per heavy atom. The number of imide groups is 1. The van der Waals surface area contributed by atoms with E-state index < -0.39 is 24.3 Å². The molecule has 1 saturated heterocycles. The summed E-state index contributed by atoms with van der Waals surface area (Å²) in [6.45, 7) is -0.431. The number of ether oxygens (including phenoxy) is 1. The highest BCUT2D eigenvalue weighted by Gasteiger charge is 2.62. The predicted octanol–water partition coefficient (Wildman–Crippen LogP) is 3.62. The number of benzene rings is 2. The molecule has 2 aliphatic carbocycles. The summed E-state index contributed by atoms with van der Waals surface area (Å²) in [6.07, 6.45) is 2.74. The van der Waals surface area contributed by atoms with Crippen LogP contribution in [-0.4, -0.2) is 47.2 Å². The van der Waals surface area contributed by atoms with Crippen molar-refractivity contribution >= 4 is 35.1 Å². The van der Waals surface area contributed by atoms with Crippen LogP contribution in [0.15, 0.2) is 48.5 Å². The van der Waals surface area contributed by atoms with Gasteiger partial charge in [-0.1, -0.05) is 11.6 Å². The molecule has 170 valence electrons. The second-order valence-corrected chi connectivity index (χ2v) is 9.33. The van der Waals surface area contributed by atoms with Crippen LogP contribution in [0, 0.1) is 23.7 Å². The summed E-state index contributed by atoms with van der Waals surface area (Å²) in [6, 6.07) is 12.6. The maximum Gasteiger partial charge on any atom is 0.273 e. The molecule has 2 aromatic rings. The van der Waals surface area contributed by atoms with E-state index in [2.05, 4.69) is 0 Å². The van der Waals surface area contributed by atoms with Gasteiger partial charge in [-0.3, -0.25) is 19.2 Å². The van der Waals surface area contributed by atoms with Gasteiger partial charge in [-0.05, 0) is 79.6 Å². The smallest absolute Gasteiger partial charge is 0.273 e. The molecule has 1 heterocycles. The first-order valence-corrected chi connectivity index (χ1v) is 11.4. The maximum absolute atomic E-state index is 13.5. The van der Waals surface area contributed by atoms with Gasteiger partial charge in [-0.25, -0.2) is 5.01 Å². The summed E-state index contributed by atoms with van der Waals surface area (Å²) in [5, 5.41) is 2.41. The second-order valence-electron chi connectivity index (χ2n) is 8.89. The fourth-order valence-electron chi connectivity index (χ4n) is 5.61. The van der Waals surface area contributed by atoms with Crippen molar-refractivity contribution < 1.29 is 23.9 Å². The van der Waals surface area contributed by atoms with Gasteiger partial charge in [0, 0.05) is 16.1 Å². The Morgan fingerprint density at radius 1 is 0.939 bits per heavy atom. The van der Waals surface area contributed by atoms with Crippen LogP contribution in [0.3, 0.4) is 0 Å². The Bertz CT molecular complexity index is 1100. The van der Waals surface area contributed by atoms with Crippen LogP contribution in [0.4, 0.5) is 0 Å². The Hall–Kier alpha value is -3.19. The van der Waals surface area contributed by atoms with Gasteiger partial charge in [-0.15, -0.1) is 0 Å². The van der Waals surface area contributed by atoms with Gasteiger partial charge >= 0.3 is 0 Å². The van der Waals surface area contributed by atoms with E-state index >= 15 is 0 Å². The molecule has 2 saturated carbocycles. The Kier molecular flexibility index (Phi) is 5.44. The molecule has 2 bridgehead atoms. The molecule has 0 N–H and O–H groups in total. The van der Waals surface area contributed by atoms with Crippen molar-refractivity contribution in [3.8, 4) is 5.75 Å². The molecule has 3 aliphatic rings. The summed E-state index contributed by atoms with van der Waals surface area (Å²) in [4.78, 5) is 53.3. The molecule has 2 aromatic carbocycles. The van der Waals surface area contributed by atoms with Crippen LogP contribution in [0.5, 0.6) is 5.75 Å². The van der Waals surface area contributed by atoms with E-state index in [4.69, 9.17) is 16.3 Å². The van der Waals surface area contributed by atoms with Crippen molar-refractivity contribution in [2.45, 2.75) is 19.3 Å². The summed E-state index contributed by atoms with van der Waals surface area (Å²) in [5.74, 6) is -1.58. The lowest BCUT2D eigenvalue weighted by molar-refractivity contribution is -0.154. The number of hydrazine groups is 1. The van der Waals surface area contributed by atoms with Gasteiger partial charge in [0.15, 0.2) is 5.78 Å². The van der Waals surface area contributed by atoms with Gasteiger partial charge < -0.3 is 4.74 Å². The molecule has 8 heteroatoms. The van der Waals surface area contributed by atoms with E-state index in [0.717, 1.165) is 29.3 Å². The zero-order valence-corrected chi connectivity index (χ0v) is 18.8. The van der Waals surface area contributed by atoms with Gasteiger partial charge in [0.05, 0.1) is 18.9 Å². The molecule has 7 nitrogen and oxygen atoms in total. The Balaban J connectivity index is 1.48. The largest absolute Gasteiger partial charge is 0.497 e. The van der Waals surface area contributed by atoms with Gasteiger partial charge in [0.25, 0.3) is 17.7 Å². The molecule has 0 spiro atoms. The average molecular weight is 467 g/mol. The van der Waals surface area contributed by atoms with Crippen molar-refractivity contribution in [1.29, 1.82) is 0 Å².